The van der Waals surface area contributed by atoms with Gasteiger partial charge in [0.25, 0.3) is 0 Å². The normalized spacial score (nSPS) is 15.6. The van der Waals surface area contributed by atoms with E-state index in [1.165, 1.54) is 0 Å². The molecule has 1 amide bonds. The summed E-state index contributed by atoms with van der Waals surface area (Å²) in [6, 6.07) is 10.3. The van der Waals surface area contributed by atoms with E-state index in [-0.39, 0.29) is 16.8 Å². The van der Waals surface area contributed by atoms with Crippen molar-refractivity contribution >= 4 is 21.6 Å². The summed E-state index contributed by atoms with van der Waals surface area (Å²) in [5.74, 6) is 0.858. The smallest absolute Gasteiger partial charge is 0.241 e. The summed E-state index contributed by atoms with van der Waals surface area (Å²) >= 11 is 0. The van der Waals surface area contributed by atoms with Crippen LogP contribution < -0.4 is 14.4 Å². The van der Waals surface area contributed by atoms with Crippen molar-refractivity contribution in [3.05, 3.63) is 53.1 Å². The molecular formula is C22H28N2O4S. The SMILES string of the molecule is CCC(NS(=O)(=O)c1ccc(N2CCCC2=O)c(C)c1)c1ccc(OC)c(C)c1. The fraction of sp³-hybridized carbons (Fsp3) is 0.409. The quantitative estimate of drug-likeness (QED) is 0.743. The Morgan fingerprint density at radius 2 is 1.90 bits per heavy atom. The molecule has 0 spiro atoms. The highest BCUT2D eigenvalue weighted by molar-refractivity contribution is 7.89. The Morgan fingerprint density at radius 1 is 1.14 bits per heavy atom. The monoisotopic (exact) mass is 416 g/mol. The van der Waals surface area contributed by atoms with Crippen molar-refractivity contribution in [2.45, 2.75) is 51.0 Å². The van der Waals surface area contributed by atoms with E-state index in [9.17, 15) is 13.2 Å². The van der Waals surface area contributed by atoms with Crippen LogP contribution in [0.3, 0.4) is 0 Å². The van der Waals surface area contributed by atoms with Crippen LogP contribution in [-0.2, 0) is 14.8 Å². The summed E-state index contributed by atoms with van der Waals surface area (Å²) in [4.78, 5) is 13.9. The number of benzene rings is 2. The summed E-state index contributed by atoms with van der Waals surface area (Å²) in [5.41, 5.74) is 3.41. The highest BCUT2D eigenvalue weighted by Gasteiger charge is 2.25. The van der Waals surface area contributed by atoms with Crippen molar-refractivity contribution in [1.29, 1.82) is 0 Å². The fourth-order valence-electron chi connectivity index (χ4n) is 3.76. The number of hydrogen-bond acceptors (Lipinski definition) is 4. The Hall–Kier alpha value is -2.38. The zero-order valence-electron chi connectivity index (χ0n) is 17.4. The van der Waals surface area contributed by atoms with E-state index in [2.05, 4.69) is 4.72 Å². The second-order valence-electron chi connectivity index (χ2n) is 7.41. The number of ether oxygens (including phenoxy) is 1. The zero-order chi connectivity index (χ0) is 21.2. The number of amides is 1. The van der Waals surface area contributed by atoms with Gasteiger partial charge in [-0.1, -0.05) is 19.1 Å². The van der Waals surface area contributed by atoms with Crippen molar-refractivity contribution in [3.63, 3.8) is 0 Å². The van der Waals surface area contributed by atoms with Crippen molar-refractivity contribution < 1.29 is 17.9 Å². The number of carbonyl (C=O) groups excluding carboxylic acids is 1. The first-order chi connectivity index (χ1) is 13.8. The molecule has 29 heavy (non-hydrogen) atoms. The van der Waals surface area contributed by atoms with E-state index in [4.69, 9.17) is 4.74 Å². The van der Waals surface area contributed by atoms with Gasteiger partial charge in [0.15, 0.2) is 0 Å². The van der Waals surface area contributed by atoms with E-state index in [1.807, 2.05) is 39.0 Å². The Balaban J connectivity index is 1.85. The molecular weight excluding hydrogens is 388 g/mol. The molecule has 6 nitrogen and oxygen atoms in total. The molecule has 1 unspecified atom stereocenters. The van der Waals surface area contributed by atoms with Crippen molar-refractivity contribution in [3.8, 4) is 5.75 Å². The molecule has 1 aliphatic heterocycles. The molecule has 1 fully saturated rings. The Morgan fingerprint density at radius 3 is 2.45 bits per heavy atom. The Bertz CT molecular complexity index is 1020. The van der Waals surface area contributed by atoms with Crippen LogP contribution in [0.4, 0.5) is 5.69 Å². The minimum absolute atomic E-state index is 0.0859. The lowest BCUT2D eigenvalue weighted by Gasteiger charge is -2.21. The van der Waals surface area contributed by atoms with Gasteiger partial charge in [-0.3, -0.25) is 4.79 Å². The maximum Gasteiger partial charge on any atom is 0.241 e. The van der Waals surface area contributed by atoms with Crippen LogP contribution in [0, 0.1) is 13.8 Å². The van der Waals surface area contributed by atoms with E-state index in [1.54, 1.807) is 30.2 Å². The number of nitrogens with zero attached hydrogens (tertiary/aromatic N) is 1. The van der Waals surface area contributed by atoms with Gasteiger partial charge in [0, 0.05) is 24.7 Å². The van der Waals surface area contributed by atoms with Gasteiger partial charge in [-0.2, -0.15) is 0 Å². The standard InChI is InChI=1S/C22H28N2O4S/c1-5-19(17-8-11-21(28-4)16(3)13-17)23-29(26,27)18-9-10-20(15(2)14-18)24-12-6-7-22(24)25/h8-11,13-14,19,23H,5-7,12H2,1-4H3. The molecule has 1 heterocycles. The first-order valence-corrected chi connectivity index (χ1v) is 11.3. The Labute approximate surface area is 172 Å². The number of aryl methyl sites for hydroxylation is 2. The fourth-order valence-corrected chi connectivity index (χ4v) is 5.15. The van der Waals surface area contributed by atoms with Crippen LogP contribution in [0.15, 0.2) is 41.3 Å². The highest BCUT2D eigenvalue weighted by atomic mass is 32.2. The molecule has 0 radical (unpaired) electrons. The van der Waals surface area contributed by atoms with E-state index >= 15 is 0 Å². The molecule has 0 aromatic heterocycles. The van der Waals surface area contributed by atoms with Crippen molar-refractivity contribution in [2.24, 2.45) is 0 Å². The molecule has 0 bridgehead atoms. The van der Waals surface area contributed by atoms with Gasteiger partial charge in [-0.05, 0) is 67.6 Å². The molecule has 1 N–H and O–H groups in total. The lowest BCUT2D eigenvalue weighted by atomic mass is 10.0. The number of sulfonamides is 1. The molecule has 7 heteroatoms. The van der Waals surface area contributed by atoms with Crippen molar-refractivity contribution in [1.82, 2.24) is 4.72 Å². The number of hydrogen-bond donors (Lipinski definition) is 1. The van der Waals surface area contributed by atoms with Gasteiger partial charge in [0.2, 0.25) is 15.9 Å². The minimum atomic E-state index is -3.71. The summed E-state index contributed by atoms with van der Waals surface area (Å²) < 4.78 is 34.1. The lowest BCUT2D eigenvalue weighted by Crippen LogP contribution is -2.29. The van der Waals surface area contributed by atoms with Crippen molar-refractivity contribution in [2.75, 3.05) is 18.6 Å². The van der Waals surface area contributed by atoms with E-state index in [0.717, 1.165) is 34.5 Å². The highest BCUT2D eigenvalue weighted by Crippen LogP contribution is 2.29. The topological polar surface area (TPSA) is 75.7 Å². The summed E-state index contributed by atoms with van der Waals surface area (Å²) in [5, 5.41) is 0. The summed E-state index contributed by atoms with van der Waals surface area (Å²) in [7, 11) is -2.09. The number of rotatable bonds is 7. The third-order valence-corrected chi connectivity index (χ3v) is 6.84. The van der Waals surface area contributed by atoms with E-state index < -0.39 is 10.0 Å². The number of carbonyl (C=O) groups is 1. The average Bonchev–Trinajstić information content (AvgIpc) is 3.11. The second-order valence-corrected chi connectivity index (χ2v) is 9.12. The van der Waals surface area contributed by atoms with Gasteiger partial charge in [-0.15, -0.1) is 0 Å². The Kier molecular flexibility index (Phi) is 6.29. The molecule has 2 aromatic rings. The molecule has 2 aromatic carbocycles. The molecule has 1 atom stereocenters. The third-order valence-electron chi connectivity index (χ3n) is 5.37. The predicted octanol–water partition coefficient (Wildman–Crippen LogP) is 3.87. The maximum atomic E-state index is 13.0. The second kappa shape index (κ2) is 8.55. The summed E-state index contributed by atoms with van der Waals surface area (Å²) in [6.45, 7) is 6.40. The molecule has 0 saturated carbocycles. The van der Waals surface area contributed by atoms with Crippen LogP contribution >= 0.6 is 0 Å². The first kappa shape index (κ1) is 21.3. The van der Waals surface area contributed by atoms with Crippen LogP contribution in [0.5, 0.6) is 5.75 Å². The lowest BCUT2D eigenvalue weighted by molar-refractivity contribution is -0.117. The number of methoxy groups -OCH3 is 1. The van der Waals surface area contributed by atoms with Gasteiger partial charge in [0.05, 0.1) is 12.0 Å². The molecule has 1 saturated heterocycles. The first-order valence-electron chi connectivity index (χ1n) is 9.84. The van der Waals surface area contributed by atoms with E-state index in [0.29, 0.717) is 19.4 Å². The molecule has 0 aliphatic carbocycles. The summed E-state index contributed by atoms with van der Waals surface area (Å²) in [6.07, 6.45) is 1.99. The van der Waals surface area contributed by atoms with Crippen LogP contribution in [-0.4, -0.2) is 28.0 Å². The van der Waals surface area contributed by atoms with Crippen LogP contribution in [0.25, 0.3) is 0 Å². The van der Waals surface area contributed by atoms with Crippen LogP contribution in [0.1, 0.15) is 48.9 Å². The molecule has 3 rings (SSSR count). The molecule has 156 valence electrons. The minimum Gasteiger partial charge on any atom is -0.496 e. The van der Waals surface area contributed by atoms with Crippen LogP contribution in [0.2, 0.25) is 0 Å². The van der Waals surface area contributed by atoms with Gasteiger partial charge in [-0.25, -0.2) is 13.1 Å². The van der Waals surface area contributed by atoms with Gasteiger partial charge >= 0.3 is 0 Å². The average molecular weight is 417 g/mol. The zero-order valence-corrected chi connectivity index (χ0v) is 18.2. The number of nitrogens with one attached hydrogen (secondary N) is 1. The number of anilines is 1. The third kappa shape index (κ3) is 4.46. The van der Waals surface area contributed by atoms with Gasteiger partial charge in [0.1, 0.15) is 5.75 Å². The molecule has 1 aliphatic rings. The predicted molar refractivity (Wildman–Crippen MR) is 114 cm³/mol. The maximum absolute atomic E-state index is 13.0. The van der Waals surface area contributed by atoms with Gasteiger partial charge < -0.3 is 9.64 Å². The largest absolute Gasteiger partial charge is 0.496 e.